The van der Waals surface area contributed by atoms with Crippen LogP contribution in [-0.4, -0.2) is 37.1 Å². The van der Waals surface area contributed by atoms with Gasteiger partial charge in [-0.2, -0.15) is 0 Å². The summed E-state index contributed by atoms with van der Waals surface area (Å²) in [5.74, 6) is 2.67. The predicted octanol–water partition coefficient (Wildman–Crippen LogP) is 3.91. The molecule has 0 spiro atoms. The van der Waals surface area contributed by atoms with Gasteiger partial charge in [0.15, 0.2) is 0 Å². The molecule has 118 valence electrons. The molecule has 0 aromatic heterocycles. The Hall–Kier alpha value is -0.0800. The highest BCUT2D eigenvalue weighted by Gasteiger charge is 2.23. The Kier molecular flexibility index (Phi) is 6.83. The Labute approximate surface area is 126 Å². The standard InChI is InChI=1S/C18H36N2/c1-15(2)17-7-9-18(10-8-17)19-13-16(3)14-20-11-5-4-6-12-20/h15-19H,4-14H2,1-3H3. The van der Waals surface area contributed by atoms with Crippen LogP contribution in [0.25, 0.3) is 0 Å². The van der Waals surface area contributed by atoms with Crippen LogP contribution >= 0.6 is 0 Å². The van der Waals surface area contributed by atoms with Gasteiger partial charge in [0.05, 0.1) is 0 Å². The number of hydrogen-bond donors (Lipinski definition) is 1. The highest BCUT2D eigenvalue weighted by atomic mass is 15.1. The van der Waals surface area contributed by atoms with Gasteiger partial charge in [-0.15, -0.1) is 0 Å². The quantitative estimate of drug-likeness (QED) is 0.793. The van der Waals surface area contributed by atoms with Crippen molar-refractivity contribution < 1.29 is 0 Å². The number of likely N-dealkylation sites (tertiary alicyclic amines) is 1. The summed E-state index contributed by atoms with van der Waals surface area (Å²) in [4.78, 5) is 2.67. The molecule has 2 rings (SSSR count). The van der Waals surface area contributed by atoms with Crippen molar-refractivity contribution in [1.82, 2.24) is 10.2 Å². The first-order valence-electron chi connectivity index (χ1n) is 9.11. The van der Waals surface area contributed by atoms with E-state index < -0.39 is 0 Å². The van der Waals surface area contributed by atoms with E-state index in [1.165, 1.54) is 71.1 Å². The van der Waals surface area contributed by atoms with Gasteiger partial charge in [-0.1, -0.05) is 27.2 Å². The van der Waals surface area contributed by atoms with Gasteiger partial charge < -0.3 is 10.2 Å². The third-order valence-electron chi connectivity index (χ3n) is 5.49. The van der Waals surface area contributed by atoms with Crippen molar-refractivity contribution in [3.8, 4) is 0 Å². The molecule has 0 aromatic rings. The minimum Gasteiger partial charge on any atom is -0.314 e. The second-order valence-electron chi connectivity index (χ2n) is 7.73. The third kappa shape index (κ3) is 5.37. The average molecular weight is 280 g/mol. The van der Waals surface area contributed by atoms with Crippen molar-refractivity contribution in [2.24, 2.45) is 17.8 Å². The summed E-state index contributed by atoms with van der Waals surface area (Å²) in [5, 5.41) is 3.84. The Morgan fingerprint density at radius 2 is 1.60 bits per heavy atom. The molecule has 2 fully saturated rings. The van der Waals surface area contributed by atoms with Crippen LogP contribution in [0.2, 0.25) is 0 Å². The summed E-state index contributed by atoms with van der Waals surface area (Å²) >= 11 is 0. The first kappa shape index (κ1) is 16.3. The largest absolute Gasteiger partial charge is 0.314 e. The number of nitrogens with zero attached hydrogens (tertiary/aromatic N) is 1. The molecule has 1 saturated heterocycles. The van der Waals surface area contributed by atoms with E-state index in [2.05, 4.69) is 31.0 Å². The minimum atomic E-state index is 0.800. The van der Waals surface area contributed by atoms with Crippen molar-refractivity contribution in [2.45, 2.75) is 71.8 Å². The molecule has 0 amide bonds. The fourth-order valence-electron chi connectivity index (χ4n) is 4.01. The first-order chi connectivity index (χ1) is 9.65. The SMILES string of the molecule is CC(CNC1CCC(C(C)C)CC1)CN1CCCCC1. The highest BCUT2D eigenvalue weighted by Crippen LogP contribution is 2.29. The van der Waals surface area contributed by atoms with E-state index in [4.69, 9.17) is 0 Å². The van der Waals surface area contributed by atoms with Crippen LogP contribution in [0.4, 0.5) is 0 Å². The fourth-order valence-corrected chi connectivity index (χ4v) is 4.01. The maximum Gasteiger partial charge on any atom is 0.00673 e. The lowest BCUT2D eigenvalue weighted by atomic mass is 9.79. The van der Waals surface area contributed by atoms with Crippen LogP contribution in [0.15, 0.2) is 0 Å². The molecular formula is C18H36N2. The molecule has 1 saturated carbocycles. The van der Waals surface area contributed by atoms with Crippen LogP contribution in [0.5, 0.6) is 0 Å². The maximum atomic E-state index is 3.84. The van der Waals surface area contributed by atoms with Gasteiger partial charge in [-0.05, 0) is 75.9 Å². The summed E-state index contributed by atoms with van der Waals surface area (Å²) < 4.78 is 0. The zero-order chi connectivity index (χ0) is 14.4. The molecular weight excluding hydrogens is 244 g/mol. The highest BCUT2D eigenvalue weighted by molar-refractivity contribution is 4.79. The molecule has 0 radical (unpaired) electrons. The van der Waals surface area contributed by atoms with Gasteiger partial charge in [-0.3, -0.25) is 0 Å². The predicted molar refractivity (Wildman–Crippen MR) is 88.0 cm³/mol. The Morgan fingerprint density at radius 3 is 2.20 bits per heavy atom. The number of piperidine rings is 1. The summed E-state index contributed by atoms with van der Waals surface area (Å²) in [6.07, 6.45) is 9.96. The second-order valence-corrected chi connectivity index (χ2v) is 7.73. The Morgan fingerprint density at radius 1 is 0.950 bits per heavy atom. The minimum absolute atomic E-state index is 0.800. The number of hydrogen-bond acceptors (Lipinski definition) is 2. The zero-order valence-corrected chi connectivity index (χ0v) is 14.0. The molecule has 1 heterocycles. The average Bonchev–Trinajstić information content (AvgIpc) is 2.46. The van der Waals surface area contributed by atoms with Gasteiger partial charge in [0.2, 0.25) is 0 Å². The van der Waals surface area contributed by atoms with E-state index in [1.54, 1.807) is 0 Å². The molecule has 1 atom stereocenters. The lowest BCUT2D eigenvalue weighted by Gasteiger charge is -2.33. The van der Waals surface area contributed by atoms with Crippen LogP contribution < -0.4 is 5.32 Å². The van der Waals surface area contributed by atoms with Crippen molar-refractivity contribution >= 4 is 0 Å². The molecule has 2 nitrogen and oxygen atoms in total. The van der Waals surface area contributed by atoms with Crippen molar-refractivity contribution in [1.29, 1.82) is 0 Å². The monoisotopic (exact) mass is 280 g/mol. The van der Waals surface area contributed by atoms with Gasteiger partial charge in [0.25, 0.3) is 0 Å². The van der Waals surface area contributed by atoms with Crippen molar-refractivity contribution in [2.75, 3.05) is 26.2 Å². The van der Waals surface area contributed by atoms with Crippen LogP contribution in [0, 0.1) is 17.8 Å². The molecule has 1 aliphatic carbocycles. The van der Waals surface area contributed by atoms with Gasteiger partial charge in [-0.25, -0.2) is 0 Å². The molecule has 1 unspecified atom stereocenters. The molecule has 0 aromatic carbocycles. The van der Waals surface area contributed by atoms with E-state index in [0.29, 0.717) is 0 Å². The lowest BCUT2D eigenvalue weighted by molar-refractivity contribution is 0.190. The van der Waals surface area contributed by atoms with Gasteiger partial charge in [0, 0.05) is 12.6 Å². The number of rotatable bonds is 6. The van der Waals surface area contributed by atoms with Crippen LogP contribution in [0.1, 0.15) is 65.7 Å². The van der Waals surface area contributed by atoms with Crippen molar-refractivity contribution in [3.05, 3.63) is 0 Å². The maximum absolute atomic E-state index is 3.84. The molecule has 1 N–H and O–H groups in total. The van der Waals surface area contributed by atoms with Crippen LogP contribution in [0.3, 0.4) is 0 Å². The lowest BCUT2D eigenvalue weighted by Crippen LogP contribution is -2.40. The summed E-state index contributed by atoms with van der Waals surface area (Å²) in [7, 11) is 0. The van der Waals surface area contributed by atoms with E-state index in [0.717, 1.165) is 23.8 Å². The molecule has 20 heavy (non-hydrogen) atoms. The molecule has 2 heteroatoms. The summed E-state index contributed by atoms with van der Waals surface area (Å²) in [6, 6.07) is 0.800. The Balaban J connectivity index is 1.58. The topological polar surface area (TPSA) is 15.3 Å². The molecule has 1 aliphatic heterocycles. The fraction of sp³-hybridized carbons (Fsp3) is 1.00. The molecule has 0 bridgehead atoms. The third-order valence-corrected chi connectivity index (χ3v) is 5.49. The van der Waals surface area contributed by atoms with E-state index in [1.807, 2.05) is 0 Å². The second kappa shape index (κ2) is 8.38. The smallest absolute Gasteiger partial charge is 0.00673 e. The van der Waals surface area contributed by atoms with Crippen molar-refractivity contribution in [3.63, 3.8) is 0 Å². The van der Waals surface area contributed by atoms with Gasteiger partial charge in [0.1, 0.15) is 0 Å². The summed E-state index contributed by atoms with van der Waals surface area (Å²) in [5.41, 5.74) is 0. The van der Waals surface area contributed by atoms with E-state index in [9.17, 15) is 0 Å². The van der Waals surface area contributed by atoms with E-state index >= 15 is 0 Å². The number of nitrogens with one attached hydrogen (secondary N) is 1. The summed E-state index contributed by atoms with van der Waals surface area (Å²) in [6.45, 7) is 12.4. The Bertz CT molecular complexity index is 250. The normalized spacial score (nSPS) is 30.6. The zero-order valence-electron chi connectivity index (χ0n) is 14.0. The van der Waals surface area contributed by atoms with Crippen LogP contribution in [-0.2, 0) is 0 Å². The first-order valence-corrected chi connectivity index (χ1v) is 9.11. The van der Waals surface area contributed by atoms with Gasteiger partial charge >= 0.3 is 0 Å². The molecule has 2 aliphatic rings. The van der Waals surface area contributed by atoms with E-state index in [-0.39, 0.29) is 0 Å².